The molecular weight excluding hydrogens is 253 g/mol. The van der Waals surface area contributed by atoms with Crippen LogP contribution in [0.15, 0.2) is 48.8 Å². The van der Waals surface area contributed by atoms with Crippen LogP contribution in [0.5, 0.6) is 0 Å². The van der Waals surface area contributed by atoms with Gasteiger partial charge in [0.2, 0.25) is 0 Å². The number of hydrogen-bond acceptors (Lipinski definition) is 2. The van der Waals surface area contributed by atoms with Gasteiger partial charge in [0.05, 0.1) is 6.20 Å². The predicted molar refractivity (Wildman–Crippen MR) is 77.7 cm³/mol. The van der Waals surface area contributed by atoms with Gasteiger partial charge in [0, 0.05) is 24.7 Å². The first-order valence-corrected chi connectivity index (χ1v) is 6.55. The van der Waals surface area contributed by atoms with Crippen LogP contribution < -0.4 is 5.73 Å². The predicted octanol–water partition coefficient (Wildman–Crippen LogP) is 2.95. The second-order valence-corrected chi connectivity index (χ2v) is 5.02. The van der Waals surface area contributed by atoms with Crippen LogP contribution in [-0.4, -0.2) is 9.78 Å². The Bertz CT molecular complexity index is 748. The highest BCUT2D eigenvalue weighted by Crippen LogP contribution is 2.27. The smallest absolute Gasteiger partial charge is 0.131 e. The number of nitrogens with zero attached hydrogens (tertiary/aromatic N) is 2. The van der Waals surface area contributed by atoms with Crippen molar-refractivity contribution in [1.82, 2.24) is 9.78 Å². The van der Waals surface area contributed by atoms with Crippen LogP contribution in [0.3, 0.4) is 0 Å². The standard InChI is InChI=1S/C16H16FN3/c1-20-10-11(9-19-20)8-16(18)14-6-7-15(17)13-5-3-2-4-12(13)14/h2-7,9-10,16H,8,18H2,1H3. The van der Waals surface area contributed by atoms with Crippen LogP contribution in [0.2, 0.25) is 0 Å². The molecule has 0 radical (unpaired) electrons. The number of aromatic nitrogens is 2. The fourth-order valence-corrected chi connectivity index (χ4v) is 2.55. The van der Waals surface area contributed by atoms with E-state index in [2.05, 4.69) is 5.10 Å². The molecule has 1 aromatic heterocycles. The Morgan fingerprint density at radius 3 is 2.65 bits per heavy atom. The van der Waals surface area contributed by atoms with E-state index in [1.807, 2.05) is 37.6 Å². The monoisotopic (exact) mass is 269 g/mol. The summed E-state index contributed by atoms with van der Waals surface area (Å²) in [7, 11) is 1.88. The maximum atomic E-state index is 13.8. The Hall–Kier alpha value is -2.20. The third-order valence-corrected chi connectivity index (χ3v) is 3.52. The lowest BCUT2D eigenvalue weighted by Gasteiger charge is -2.14. The molecule has 3 aromatic rings. The Morgan fingerprint density at radius 2 is 1.95 bits per heavy atom. The third kappa shape index (κ3) is 2.30. The average Bonchev–Trinajstić information content (AvgIpc) is 2.84. The van der Waals surface area contributed by atoms with E-state index in [-0.39, 0.29) is 11.9 Å². The first kappa shape index (κ1) is 12.8. The van der Waals surface area contributed by atoms with Crippen LogP contribution in [0.4, 0.5) is 4.39 Å². The Labute approximate surface area is 116 Å². The lowest BCUT2D eigenvalue weighted by Crippen LogP contribution is -2.13. The molecule has 20 heavy (non-hydrogen) atoms. The summed E-state index contributed by atoms with van der Waals surface area (Å²) in [5, 5.41) is 5.64. The van der Waals surface area contributed by atoms with E-state index < -0.39 is 0 Å². The normalized spacial score (nSPS) is 12.8. The van der Waals surface area contributed by atoms with Crippen molar-refractivity contribution in [2.75, 3.05) is 0 Å². The highest BCUT2D eigenvalue weighted by atomic mass is 19.1. The van der Waals surface area contributed by atoms with Gasteiger partial charge < -0.3 is 5.73 Å². The molecule has 0 fully saturated rings. The van der Waals surface area contributed by atoms with Crippen LogP contribution in [0.1, 0.15) is 17.2 Å². The van der Waals surface area contributed by atoms with Crippen molar-refractivity contribution in [2.45, 2.75) is 12.5 Å². The molecule has 102 valence electrons. The third-order valence-electron chi connectivity index (χ3n) is 3.52. The number of aryl methyl sites for hydroxylation is 1. The second-order valence-electron chi connectivity index (χ2n) is 5.02. The summed E-state index contributed by atoms with van der Waals surface area (Å²) in [5.74, 6) is -0.210. The summed E-state index contributed by atoms with van der Waals surface area (Å²) in [4.78, 5) is 0. The maximum Gasteiger partial charge on any atom is 0.131 e. The second kappa shape index (κ2) is 5.06. The number of rotatable bonds is 3. The van der Waals surface area contributed by atoms with E-state index in [1.54, 1.807) is 16.8 Å². The Kier molecular flexibility index (Phi) is 3.24. The minimum atomic E-state index is -0.210. The zero-order valence-electron chi connectivity index (χ0n) is 11.3. The van der Waals surface area contributed by atoms with Crippen molar-refractivity contribution < 1.29 is 4.39 Å². The molecule has 0 saturated carbocycles. The van der Waals surface area contributed by atoms with Crippen molar-refractivity contribution in [1.29, 1.82) is 0 Å². The van der Waals surface area contributed by atoms with Crippen LogP contribution >= 0.6 is 0 Å². The quantitative estimate of drug-likeness (QED) is 0.794. The fraction of sp³-hybridized carbons (Fsp3) is 0.188. The summed E-state index contributed by atoms with van der Waals surface area (Å²) in [6, 6.07) is 10.5. The minimum absolute atomic E-state index is 0.176. The van der Waals surface area contributed by atoms with Gasteiger partial charge in [-0.05, 0) is 29.0 Å². The SMILES string of the molecule is Cn1cc(CC(N)c2ccc(F)c3ccccc23)cn1. The van der Waals surface area contributed by atoms with Gasteiger partial charge in [-0.15, -0.1) is 0 Å². The molecule has 0 aliphatic rings. The molecule has 0 bridgehead atoms. The number of fused-ring (bicyclic) bond motifs is 1. The van der Waals surface area contributed by atoms with Gasteiger partial charge in [0.1, 0.15) is 5.82 Å². The van der Waals surface area contributed by atoms with Crippen molar-refractivity contribution in [3.8, 4) is 0 Å². The zero-order chi connectivity index (χ0) is 14.1. The highest BCUT2D eigenvalue weighted by Gasteiger charge is 2.13. The number of halogens is 1. The molecule has 0 aliphatic carbocycles. The lowest BCUT2D eigenvalue weighted by molar-refractivity contribution is 0.637. The van der Waals surface area contributed by atoms with Crippen molar-refractivity contribution >= 4 is 10.8 Å². The van der Waals surface area contributed by atoms with Crippen molar-refractivity contribution in [3.05, 3.63) is 65.7 Å². The zero-order valence-corrected chi connectivity index (χ0v) is 11.3. The molecular formula is C16H16FN3. The molecule has 2 N–H and O–H groups in total. The van der Waals surface area contributed by atoms with Crippen molar-refractivity contribution in [2.24, 2.45) is 12.8 Å². The molecule has 3 rings (SSSR count). The van der Waals surface area contributed by atoms with Crippen molar-refractivity contribution in [3.63, 3.8) is 0 Å². The molecule has 0 amide bonds. The summed E-state index contributed by atoms with van der Waals surface area (Å²) in [5.41, 5.74) is 8.33. The fourth-order valence-electron chi connectivity index (χ4n) is 2.55. The van der Waals surface area contributed by atoms with E-state index >= 15 is 0 Å². The van der Waals surface area contributed by atoms with E-state index in [0.29, 0.717) is 11.8 Å². The van der Waals surface area contributed by atoms with Gasteiger partial charge in [0.25, 0.3) is 0 Å². The molecule has 3 nitrogen and oxygen atoms in total. The maximum absolute atomic E-state index is 13.8. The van der Waals surface area contributed by atoms with Gasteiger partial charge in [-0.2, -0.15) is 5.10 Å². The molecule has 2 aromatic carbocycles. The number of hydrogen-bond donors (Lipinski definition) is 1. The highest BCUT2D eigenvalue weighted by molar-refractivity contribution is 5.86. The topological polar surface area (TPSA) is 43.8 Å². The molecule has 1 heterocycles. The Balaban J connectivity index is 1.99. The van der Waals surface area contributed by atoms with Gasteiger partial charge in [-0.3, -0.25) is 4.68 Å². The molecule has 1 atom stereocenters. The Morgan fingerprint density at radius 1 is 1.20 bits per heavy atom. The lowest BCUT2D eigenvalue weighted by atomic mass is 9.95. The molecule has 0 aliphatic heterocycles. The van der Waals surface area contributed by atoms with E-state index in [0.717, 1.165) is 16.5 Å². The molecule has 4 heteroatoms. The average molecular weight is 269 g/mol. The van der Waals surface area contributed by atoms with Gasteiger partial charge in [0.15, 0.2) is 0 Å². The summed E-state index contributed by atoms with van der Waals surface area (Å²) < 4.78 is 15.6. The van der Waals surface area contributed by atoms with Gasteiger partial charge >= 0.3 is 0 Å². The summed E-state index contributed by atoms with van der Waals surface area (Å²) >= 11 is 0. The summed E-state index contributed by atoms with van der Waals surface area (Å²) in [6.45, 7) is 0. The molecule has 1 unspecified atom stereocenters. The molecule has 0 saturated heterocycles. The van der Waals surface area contributed by atoms with Crippen LogP contribution in [0.25, 0.3) is 10.8 Å². The molecule has 0 spiro atoms. The minimum Gasteiger partial charge on any atom is -0.324 e. The summed E-state index contributed by atoms with van der Waals surface area (Å²) in [6.07, 6.45) is 4.45. The van der Waals surface area contributed by atoms with E-state index in [1.165, 1.54) is 6.07 Å². The van der Waals surface area contributed by atoms with Gasteiger partial charge in [-0.25, -0.2) is 4.39 Å². The van der Waals surface area contributed by atoms with Gasteiger partial charge in [-0.1, -0.05) is 30.3 Å². The number of benzene rings is 2. The first-order chi connectivity index (χ1) is 9.65. The van der Waals surface area contributed by atoms with Crippen LogP contribution in [0, 0.1) is 5.82 Å². The first-order valence-electron chi connectivity index (χ1n) is 6.55. The van der Waals surface area contributed by atoms with E-state index in [4.69, 9.17) is 5.73 Å². The number of nitrogens with two attached hydrogens (primary N) is 1. The van der Waals surface area contributed by atoms with E-state index in [9.17, 15) is 4.39 Å². The largest absolute Gasteiger partial charge is 0.324 e. The van der Waals surface area contributed by atoms with Crippen LogP contribution in [-0.2, 0) is 13.5 Å².